The van der Waals surface area contributed by atoms with Crippen molar-refractivity contribution in [3.05, 3.63) is 34.2 Å². The maximum Gasteiger partial charge on any atom is 0.350 e. The van der Waals surface area contributed by atoms with Gasteiger partial charge in [-0.05, 0) is 26.8 Å². The smallest absolute Gasteiger partial charge is 0.350 e. The molecule has 128 valence electrons. The Kier molecular flexibility index (Phi) is 5.46. The molecule has 3 amide bonds. The fraction of sp³-hybridized carbons (Fsp3) is 0.312. The van der Waals surface area contributed by atoms with Gasteiger partial charge in [-0.25, -0.2) is 9.59 Å². The van der Waals surface area contributed by atoms with E-state index in [0.717, 1.165) is 10.1 Å². The number of urea groups is 1. The van der Waals surface area contributed by atoms with Gasteiger partial charge in [0.15, 0.2) is 6.61 Å². The Morgan fingerprint density at radius 1 is 1.21 bits per heavy atom. The van der Waals surface area contributed by atoms with Gasteiger partial charge in [-0.2, -0.15) is 0 Å². The van der Waals surface area contributed by atoms with Gasteiger partial charge in [0.2, 0.25) is 0 Å². The lowest BCUT2D eigenvalue weighted by Crippen LogP contribution is -2.49. The highest BCUT2D eigenvalue weighted by molar-refractivity contribution is 7.21. The Balaban J connectivity index is 1.94. The standard InChI is InChI=1S/C16H17ClN2O4S/c1-16(2,3)19-15(22)18-11(20)8-23-14(21)13-12(17)9-6-4-5-7-10(9)24-13/h4-7H,8H2,1-3H3,(H2,18,19,20,22). The van der Waals surface area contributed by atoms with Crippen LogP contribution in [0.15, 0.2) is 24.3 Å². The Morgan fingerprint density at radius 3 is 2.50 bits per heavy atom. The van der Waals surface area contributed by atoms with Gasteiger partial charge in [-0.15, -0.1) is 11.3 Å². The molecule has 2 N–H and O–H groups in total. The van der Waals surface area contributed by atoms with E-state index in [-0.39, 0.29) is 4.88 Å². The number of carbonyl (C=O) groups is 3. The highest BCUT2D eigenvalue weighted by Crippen LogP contribution is 2.35. The first-order valence-electron chi connectivity index (χ1n) is 7.13. The van der Waals surface area contributed by atoms with Crippen molar-refractivity contribution < 1.29 is 19.1 Å². The number of imide groups is 1. The van der Waals surface area contributed by atoms with E-state index in [1.807, 2.05) is 18.2 Å². The molecule has 1 aromatic carbocycles. The number of carbonyl (C=O) groups excluding carboxylic acids is 3. The van der Waals surface area contributed by atoms with E-state index in [4.69, 9.17) is 16.3 Å². The third-order valence-corrected chi connectivity index (χ3v) is 4.45. The number of ether oxygens (including phenoxy) is 1. The first-order chi connectivity index (χ1) is 11.2. The molecular formula is C16H17ClN2O4S. The van der Waals surface area contributed by atoms with Gasteiger partial charge < -0.3 is 10.1 Å². The lowest BCUT2D eigenvalue weighted by atomic mass is 10.1. The van der Waals surface area contributed by atoms with Crippen LogP contribution in [0.1, 0.15) is 30.4 Å². The number of hydrogen-bond donors (Lipinski definition) is 2. The molecule has 24 heavy (non-hydrogen) atoms. The van der Waals surface area contributed by atoms with Crippen LogP contribution < -0.4 is 10.6 Å². The Hall–Kier alpha value is -2.12. The van der Waals surface area contributed by atoms with Crippen LogP contribution in [0, 0.1) is 0 Å². The number of hydrogen-bond acceptors (Lipinski definition) is 5. The predicted molar refractivity (Wildman–Crippen MR) is 93.5 cm³/mol. The number of nitrogens with one attached hydrogen (secondary N) is 2. The van der Waals surface area contributed by atoms with Crippen LogP contribution in [0.2, 0.25) is 5.02 Å². The molecule has 6 nitrogen and oxygen atoms in total. The summed E-state index contributed by atoms with van der Waals surface area (Å²) in [6.07, 6.45) is 0. The van der Waals surface area contributed by atoms with Crippen molar-refractivity contribution >= 4 is 50.9 Å². The van der Waals surface area contributed by atoms with Gasteiger partial charge in [0, 0.05) is 15.6 Å². The molecule has 0 saturated heterocycles. The summed E-state index contributed by atoms with van der Waals surface area (Å²) in [7, 11) is 0. The maximum absolute atomic E-state index is 12.1. The molecule has 0 atom stereocenters. The molecule has 0 aliphatic heterocycles. The lowest BCUT2D eigenvalue weighted by Gasteiger charge is -2.20. The summed E-state index contributed by atoms with van der Waals surface area (Å²) in [6.45, 7) is 4.77. The number of thiophene rings is 1. The van der Waals surface area contributed by atoms with Crippen LogP contribution in [0.3, 0.4) is 0 Å². The lowest BCUT2D eigenvalue weighted by molar-refractivity contribution is -0.123. The zero-order valence-corrected chi connectivity index (χ0v) is 15.0. The van der Waals surface area contributed by atoms with Gasteiger partial charge in [0.1, 0.15) is 4.88 Å². The number of benzene rings is 1. The van der Waals surface area contributed by atoms with E-state index in [1.165, 1.54) is 11.3 Å². The fourth-order valence-corrected chi connectivity index (χ4v) is 3.28. The van der Waals surface area contributed by atoms with Gasteiger partial charge in [0.05, 0.1) is 5.02 Å². The molecular weight excluding hydrogens is 352 g/mol. The van der Waals surface area contributed by atoms with Crippen LogP contribution in [0.25, 0.3) is 10.1 Å². The van der Waals surface area contributed by atoms with E-state index < -0.39 is 30.1 Å². The third kappa shape index (κ3) is 4.69. The predicted octanol–water partition coefficient (Wildman–Crippen LogP) is 3.34. The minimum absolute atomic E-state index is 0.227. The van der Waals surface area contributed by atoms with E-state index in [9.17, 15) is 14.4 Å². The van der Waals surface area contributed by atoms with Crippen molar-refractivity contribution in [3.63, 3.8) is 0 Å². The number of esters is 1. The van der Waals surface area contributed by atoms with Crippen molar-refractivity contribution in [2.75, 3.05) is 6.61 Å². The molecule has 0 unspecified atom stereocenters. The van der Waals surface area contributed by atoms with E-state index in [1.54, 1.807) is 26.8 Å². The van der Waals surface area contributed by atoms with Crippen LogP contribution in [-0.2, 0) is 9.53 Å². The van der Waals surface area contributed by atoms with Crippen LogP contribution in [-0.4, -0.2) is 30.1 Å². The van der Waals surface area contributed by atoms with Gasteiger partial charge in [-0.1, -0.05) is 29.8 Å². The zero-order valence-electron chi connectivity index (χ0n) is 13.4. The maximum atomic E-state index is 12.1. The van der Waals surface area contributed by atoms with Gasteiger partial charge in [0.25, 0.3) is 5.91 Å². The second-order valence-corrected chi connectivity index (χ2v) is 7.50. The topological polar surface area (TPSA) is 84.5 Å². The number of halogens is 1. The quantitative estimate of drug-likeness (QED) is 0.814. The molecule has 2 rings (SSSR count). The molecule has 0 saturated carbocycles. The molecule has 0 bridgehead atoms. The van der Waals surface area contributed by atoms with Crippen LogP contribution in [0.4, 0.5) is 4.79 Å². The monoisotopic (exact) mass is 368 g/mol. The summed E-state index contributed by atoms with van der Waals surface area (Å²) in [5, 5.41) is 5.71. The fourth-order valence-electron chi connectivity index (χ4n) is 1.88. The summed E-state index contributed by atoms with van der Waals surface area (Å²) in [5.74, 6) is -1.42. The van der Waals surface area contributed by atoms with Crippen molar-refractivity contribution in [1.29, 1.82) is 0 Å². The number of amides is 3. The Labute approximate surface area is 148 Å². The highest BCUT2D eigenvalue weighted by atomic mass is 35.5. The summed E-state index contributed by atoms with van der Waals surface area (Å²) >= 11 is 7.36. The summed E-state index contributed by atoms with van der Waals surface area (Å²) < 4.78 is 5.78. The molecule has 0 radical (unpaired) electrons. The Bertz CT molecular complexity index is 795. The van der Waals surface area contributed by atoms with E-state index in [0.29, 0.717) is 5.02 Å². The van der Waals surface area contributed by atoms with Gasteiger partial charge in [-0.3, -0.25) is 10.1 Å². The minimum atomic E-state index is -0.720. The van der Waals surface area contributed by atoms with Crippen molar-refractivity contribution in [1.82, 2.24) is 10.6 Å². The first kappa shape index (κ1) is 18.2. The molecule has 1 aromatic heterocycles. The Morgan fingerprint density at radius 2 is 1.88 bits per heavy atom. The summed E-state index contributed by atoms with van der Waals surface area (Å²) in [5.41, 5.74) is -0.481. The summed E-state index contributed by atoms with van der Waals surface area (Å²) in [4.78, 5) is 35.5. The van der Waals surface area contributed by atoms with Crippen LogP contribution in [0.5, 0.6) is 0 Å². The second-order valence-electron chi connectivity index (χ2n) is 6.07. The van der Waals surface area contributed by atoms with Crippen molar-refractivity contribution in [2.45, 2.75) is 26.3 Å². The highest BCUT2D eigenvalue weighted by Gasteiger charge is 2.20. The molecule has 0 aliphatic rings. The summed E-state index contributed by atoms with van der Waals surface area (Å²) in [6, 6.07) is 6.65. The number of rotatable bonds is 3. The van der Waals surface area contributed by atoms with Gasteiger partial charge >= 0.3 is 12.0 Å². The largest absolute Gasteiger partial charge is 0.451 e. The molecule has 0 spiro atoms. The minimum Gasteiger partial charge on any atom is -0.451 e. The van der Waals surface area contributed by atoms with Crippen molar-refractivity contribution in [3.8, 4) is 0 Å². The average molecular weight is 369 g/mol. The van der Waals surface area contributed by atoms with Crippen LogP contribution >= 0.6 is 22.9 Å². The average Bonchev–Trinajstić information content (AvgIpc) is 2.80. The molecule has 8 heteroatoms. The van der Waals surface area contributed by atoms with E-state index in [2.05, 4.69) is 10.6 Å². The van der Waals surface area contributed by atoms with E-state index >= 15 is 0 Å². The van der Waals surface area contributed by atoms with Crippen molar-refractivity contribution in [2.24, 2.45) is 0 Å². The third-order valence-electron chi connectivity index (χ3n) is 2.80. The SMILES string of the molecule is CC(C)(C)NC(=O)NC(=O)COC(=O)c1sc2ccccc2c1Cl. The number of fused-ring (bicyclic) bond motifs is 1. The first-order valence-corrected chi connectivity index (χ1v) is 8.33. The normalized spacial score (nSPS) is 11.2. The molecule has 1 heterocycles. The molecule has 0 aliphatic carbocycles. The molecule has 0 fully saturated rings. The zero-order chi connectivity index (χ0) is 17.9. The molecule has 2 aromatic rings. The second kappa shape index (κ2) is 7.19.